The first-order valence-electron chi connectivity index (χ1n) is 5.87. The van der Waals surface area contributed by atoms with E-state index in [9.17, 15) is 9.59 Å². The molecule has 0 aromatic heterocycles. The SMILES string of the molecule is Cc1ccccc1CNC(=O)C(C)(C)CC(=O)O. The third kappa shape index (κ3) is 3.87. The second-order valence-corrected chi connectivity index (χ2v) is 5.06. The summed E-state index contributed by atoms with van der Waals surface area (Å²) in [6.45, 7) is 5.67. The van der Waals surface area contributed by atoms with Gasteiger partial charge in [0, 0.05) is 6.54 Å². The molecule has 1 rings (SSSR count). The van der Waals surface area contributed by atoms with E-state index in [0.717, 1.165) is 11.1 Å². The van der Waals surface area contributed by atoms with Crippen LogP contribution in [-0.2, 0) is 16.1 Å². The molecule has 0 bridgehead atoms. The fraction of sp³-hybridized carbons (Fsp3) is 0.429. The molecule has 0 heterocycles. The van der Waals surface area contributed by atoms with Crippen molar-refractivity contribution in [3.8, 4) is 0 Å². The average molecular weight is 249 g/mol. The first-order valence-corrected chi connectivity index (χ1v) is 5.87. The molecule has 1 amide bonds. The molecule has 2 N–H and O–H groups in total. The number of benzene rings is 1. The first kappa shape index (κ1) is 14.2. The topological polar surface area (TPSA) is 66.4 Å². The molecule has 0 radical (unpaired) electrons. The fourth-order valence-electron chi connectivity index (χ4n) is 1.68. The van der Waals surface area contributed by atoms with Gasteiger partial charge < -0.3 is 10.4 Å². The van der Waals surface area contributed by atoms with Crippen LogP contribution in [0.25, 0.3) is 0 Å². The molecule has 0 spiro atoms. The summed E-state index contributed by atoms with van der Waals surface area (Å²) in [5, 5.41) is 11.5. The molecule has 18 heavy (non-hydrogen) atoms. The lowest BCUT2D eigenvalue weighted by molar-refractivity contribution is -0.144. The molecule has 0 fully saturated rings. The third-order valence-electron chi connectivity index (χ3n) is 2.91. The zero-order valence-electron chi connectivity index (χ0n) is 11.0. The maximum Gasteiger partial charge on any atom is 0.304 e. The molecule has 0 saturated heterocycles. The third-order valence-corrected chi connectivity index (χ3v) is 2.91. The van der Waals surface area contributed by atoms with E-state index >= 15 is 0 Å². The van der Waals surface area contributed by atoms with E-state index in [2.05, 4.69) is 5.32 Å². The minimum absolute atomic E-state index is 0.174. The summed E-state index contributed by atoms with van der Waals surface area (Å²) < 4.78 is 0. The van der Waals surface area contributed by atoms with Gasteiger partial charge in [-0.3, -0.25) is 9.59 Å². The highest BCUT2D eigenvalue weighted by Gasteiger charge is 2.30. The van der Waals surface area contributed by atoms with Crippen LogP contribution in [0.5, 0.6) is 0 Å². The molecule has 4 nitrogen and oxygen atoms in total. The lowest BCUT2D eigenvalue weighted by Gasteiger charge is -2.21. The smallest absolute Gasteiger partial charge is 0.304 e. The molecule has 0 saturated carbocycles. The average Bonchev–Trinajstić information content (AvgIpc) is 2.25. The van der Waals surface area contributed by atoms with Crippen molar-refractivity contribution in [2.75, 3.05) is 0 Å². The first-order chi connectivity index (χ1) is 8.33. The number of aryl methyl sites for hydroxylation is 1. The number of carboxylic acid groups (broad SMARTS) is 1. The van der Waals surface area contributed by atoms with Crippen molar-refractivity contribution in [2.24, 2.45) is 5.41 Å². The number of hydrogen-bond acceptors (Lipinski definition) is 2. The van der Waals surface area contributed by atoms with Crippen molar-refractivity contribution in [2.45, 2.75) is 33.7 Å². The number of carboxylic acids is 1. The molecule has 0 aliphatic carbocycles. The van der Waals surface area contributed by atoms with Gasteiger partial charge in [-0.05, 0) is 18.1 Å². The number of amides is 1. The summed E-state index contributed by atoms with van der Waals surface area (Å²) >= 11 is 0. The molecule has 0 atom stereocenters. The van der Waals surface area contributed by atoms with E-state index in [1.165, 1.54) is 0 Å². The Bertz CT molecular complexity index is 452. The number of hydrogen-bond donors (Lipinski definition) is 2. The minimum atomic E-state index is -0.967. The highest BCUT2D eigenvalue weighted by atomic mass is 16.4. The van der Waals surface area contributed by atoms with Crippen molar-refractivity contribution in [1.82, 2.24) is 5.32 Å². The normalized spacial score (nSPS) is 11.1. The quantitative estimate of drug-likeness (QED) is 0.840. The summed E-state index contributed by atoms with van der Waals surface area (Å²) in [6.07, 6.45) is -0.174. The zero-order valence-corrected chi connectivity index (χ0v) is 11.0. The van der Waals surface area contributed by atoms with E-state index in [-0.39, 0.29) is 12.3 Å². The van der Waals surface area contributed by atoms with Crippen LogP contribution in [0.2, 0.25) is 0 Å². The van der Waals surface area contributed by atoms with Gasteiger partial charge in [0.1, 0.15) is 0 Å². The molecule has 0 aliphatic heterocycles. The van der Waals surface area contributed by atoms with Gasteiger partial charge in [-0.25, -0.2) is 0 Å². The van der Waals surface area contributed by atoms with E-state index in [1.807, 2.05) is 31.2 Å². The monoisotopic (exact) mass is 249 g/mol. The Morgan fingerprint density at radius 2 is 1.89 bits per heavy atom. The molecule has 0 unspecified atom stereocenters. The van der Waals surface area contributed by atoms with Crippen LogP contribution in [0.15, 0.2) is 24.3 Å². The summed E-state index contributed by atoms with van der Waals surface area (Å²) in [4.78, 5) is 22.6. The number of aliphatic carboxylic acids is 1. The van der Waals surface area contributed by atoms with E-state index in [0.29, 0.717) is 6.54 Å². The summed E-state index contributed by atoms with van der Waals surface area (Å²) in [7, 11) is 0. The van der Waals surface area contributed by atoms with E-state index < -0.39 is 11.4 Å². The molecule has 4 heteroatoms. The van der Waals surface area contributed by atoms with Gasteiger partial charge in [-0.1, -0.05) is 38.1 Å². The maximum absolute atomic E-state index is 11.9. The number of nitrogens with one attached hydrogen (secondary N) is 1. The predicted molar refractivity (Wildman–Crippen MR) is 69.1 cm³/mol. The van der Waals surface area contributed by atoms with Gasteiger partial charge in [0.25, 0.3) is 0 Å². The van der Waals surface area contributed by atoms with E-state index in [4.69, 9.17) is 5.11 Å². The Labute approximate surface area is 107 Å². The maximum atomic E-state index is 11.9. The second-order valence-electron chi connectivity index (χ2n) is 5.06. The van der Waals surface area contributed by atoms with Crippen LogP contribution in [0.3, 0.4) is 0 Å². The highest BCUT2D eigenvalue weighted by molar-refractivity contribution is 5.86. The summed E-state index contributed by atoms with van der Waals surface area (Å²) in [6, 6.07) is 7.77. The number of carbonyl (C=O) groups excluding carboxylic acids is 1. The van der Waals surface area contributed by atoms with Crippen molar-refractivity contribution >= 4 is 11.9 Å². The molecular formula is C14H19NO3. The predicted octanol–water partition coefficient (Wildman–Crippen LogP) is 2.11. The number of carbonyl (C=O) groups is 2. The standard InChI is InChI=1S/C14H19NO3/c1-10-6-4-5-7-11(10)9-15-13(18)14(2,3)8-12(16)17/h4-7H,8-9H2,1-3H3,(H,15,18)(H,16,17). The Hall–Kier alpha value is -1.84. The van der Waals surface area contributed by atoms with Crippen LogP contribution >= 0.6 is 0 Å². The Morgan fingerprint density at radius 1 is 1.28 bits per heavy atom. The van der Waals surface area contributed by atoms with Gasteiger partial charge in [-0.15, -0.1) is 0 Å². The lowest BCUT2D eigenvalue weighted by atomic mass is 9.88. The highest BCUT2D eigenvalue weighted by Crippen LogP contribution is 2.20. The lowest BCUT2D eigenvalue weighted by Crippen LogP contribution is -2.38. The Morgan fingerprint density at radius 3 is 2.44 bits per heavy atom. The summed E-state index contributed by atoms with van der Waals surface area (Å²) in [5.74, 6) is -1.21. The van der Waals surface area contributed by atoms with Crippen LogP contribution < -0.4 is 5.32 Å². The second kappa shape index (κ2) is 5.67. The van der Waals surface area contributed by atoms with Gasteiger partial charge in [0.05, 0.1) is 11.8 Å². The van der Waals surface area contributed by atoms with Crippen molar-refractivity contribution in [1.29, 1.82) is 0 Å². The Kier molecular flexibility index (Phi) is 4.48. The van der Waals surface area contributed by atoms with Crippen LogP contribution in [-0.4, -0.2) is 17.0 Å². The Balaban J connectivity index is 2.61. The van der Waals surface area contributed by atoms with Gasteiger partial charge >= 0.3 is 5.97 Å². The molecule has 1 aromatic rings. The van der Waals surface area contributed by atoms with Crippen molar-refractivity contribution in [3.05, 3.63) is 35.4 Å². The van der Waals surface area contributed by atoms with Crippen molar-refractivity contribution < 1.29 is 14.7 Å². The van der Waals surface area contributed by atoms with Crippen LogP contribution in [0.4, 0.5) is 0 Å². The van der Waals surface area contributed by atoms with Gasteiger partial charge in [0.15, 0.2) is 0 Å². The fourth-order valence-corrected chi connectivity index (χ4v) is 1.68. The van der Waals surface area contributed by atoms with Crippen LogP contribution in [0, 0.1) is 12.3 Å². The number of rotatable bonds is 5. The zero-order chi connectivity index (χ0) is 13.8. The minimum Gasteiger partial charge on any atom is -0.481 e. The van der Waals surface area contributed by atoms with E-state index in [1.54, 1.807) is 13.8 Å². The molecule has 98 valence electrons. The van der Waals surface area contributed by atoms with Crippen molar-refractivity contribution in [3.63, 3.8) is 0 Å². The molecule has 0 aliphatic rings. The largest absolute Gasteiger partial charge is 0.481 e. The molecular weight excluding hydrogens is 230 g/mol. The van der Waals surface area contributed by atoms with Gasteiger partial charge in [-0.2, -0.15) is 0 Å². The van der Waals surface area contributed by atoms with Crippen LogP contribution in [0.1, 0.15) is 31.4 Å². The van der Waals surface area contributed by atoms with Gasteiger partial charge in [0.2, 0.25) is 5.91 Å². The summed E-state index contributed by atoms with van der Waals surface area (Å²) in [5.41, 5.74) is 1.25. The molecule has 1 aromatic carbocycles.